The third kappa shape index (κ3) is 4.04. The number of aliphatic imine (C=N–C) groups is 1. The van der Waals surface area contributed by atoms with Crippen LogP contribution in [0.3, 0.4) is 0 Å². The SMILES string of the molecule is CC(N=Cc1ccsc1)c1ccccc1O[Si](C)C. The van der Waals surface area contributed by atoms with Gasteiger partial charge in [0.25, 0.3) is 9.04 Å². The zero-order chi connectivity index (χ0) is 13.7. The largest absolute Gasteiger partial charge is 0.542 e. The Kier molecular flexibility index (Phi) is 4.93. The summed E-state index contributed by atoms with van der Waals surface area (Å²) in [5.41, 5.74) is 2.31. The maximum atomic E-state index is 5.93. The number of nitrogens with zero attached hydrogens (tertiary/aromatic N) is 1. The Bertz CT molecular complexity index is 537. The van der Waals surface area contributed by atoms with Gasteiger partial charge in [-0.05, 0) is 42.9 Å². The van der Waals surface area contributed by atoms with E-state index < -0.39 is 9.04 Å². The van der Waals surface area contributed by atoms with E-state index in [9.17, 15) is 0 Å². The van der Waals surface area contributed by atoms with Gasteiger partial charge < -0.3 is 4.43 Å². The molecule has 0 N–H and O–H groups in total. The zero-order valence-electron chi connectivity index (χ0n) is 11.5. The number of benzene rings is 1. The van der Waals surface area contributed by atoms with Crippen LogP contribution in [0.25, 0.3) is 0 Å². The van der Waals surface area contributed by atoms with Crippen LogP contribution in [0.5, 0.6) is 5.75 Å². The molecule has 1 atom stereocenters. The van der Waals surface area contributed by atoms with Crippen molar-refractivity contribution in [3.05, 3.63) is 52.2 Å². The molecule has 1 radical (unpaired) electrons. The first-order valence-electron chi connectivity index (χ1n) is 6.29. The molecule has 4 heteroatoms. The van der Waals surface area contributed by atoms with E-state index in [4.69, 9.17) is 4.43 Å². The maximum Gasteiger partial charge on any atom is 0.274 e. The molecule has 1 aromatic heterocycles. The van der Waals surface area contributed by atoms with Gasteiger partial charge in [0.05, 0.1) is 6.04 Å². The lowest BCUT2D eigenvalue weighted by atomic mass is 10.1. The lowest BCUT2D eigenvalue weighted by Crippen LogP contribution is -2.13. The fourth-order valence-corrected chi connectivity index (χ4v) is 3.00. The molecule has 0 saturated heterocycles. The van der Waals surface area contributed by atoms with Crippen LogP contribution in [0, 0.1) is 0 Å². The minimum atomic E-state index is -0.750. The third-order valence-electron chi connectivity index (χ3n) is 2.67. The van der Waals surface area contributed by atoms with Crippen LogP contribution in [0.4, 0.5) is 0 Å². The summed E-state index contributed by atoms with van der Waals surface area (Å²) >= 11 is 1.69. The summed E-state index contributed by atoms with van der Waals surface area (Å²) in [7, 11) is -0.750. The van der Waals surface area contributed by atoms with Crippen molar-refractivity contribution in [3.8, 4) is 5.75 Å². The summed E-state index contributed by atoms with van der Waals surface area (Å²) in [5.74, 6) is 0.969. The van der Waals surface area contributed by atoms with Crippen LogP contribution < -0.4 is 4.43 Å². The summed E-state index contributed by atoms with van der Waals surface area (Å²) in [6, 6.07) is 10.4. The summed E-state index contributed by atoms with van der Waals surface area (Å²) in [5, 5.41) is 4.16. The van der Waals surface area contributed by atoms with Gasteiger partial charge in [0.1, 0.15) is 5.75 Å². The van der Waals surface area contributed by atoms with Gasteiger partial charge in [-0.15, -0.1) is 0 Å². The Morgan fingerprint density at radius 2 is 2.05 bits per heavy atom. The molecule has 2 rings (SSSR count). The zero-order valence-corrected chi connectivity index (χ0v) is 13.3. The molecule has 19 heavy (non-hydrogen) atoms. The Balaban J connectivity index is 2.16. The fourth-order valence-electron chi connectivity index (χ4n) is 1.77. The Hall–Kier alpha value is -1.39. The van der Waals surface area contributed by atoms with Crippen molar-refractivity contribution in [2.45, 2.75) is 26.1 Å². The number of para-hydroxylation sites is 1. The molecule has 0 amide bonds. The maximum absolute atomic E-state index is 5.93. The van der Waals surface area contributed by atoms with Crippen molar-refractivity contribution in [2.24, 2.45) is 4.99 Å². The first kappa shape index (κ1) is 14.0. The average molecular weight is 288 g/mol. The van der Waals surface area contributed by atoms with Crippen molar-refractivity contribution in [2.75, 3.05) is 0 Å². The van der Waals surface area contributed by atoms with E-state index in [1.54, 1.807) is 11.3 Å². The van der Waals surface area contributed by atoms with Crippen LogP contribution in [0.15, 0.2) is 46.1 Å². The summed E-state index contributed by atoms with van der Waals surface area (Å²) < 4.78 is 5.93. The van der Waals surface area contributed by atoms with Gasteiger partial charge in [-0.2, -0.15) is 11.3 Å². The van der Waals surface area contributed by atoms with Gasteiger partial charge in [-0.1, -0.05) is 18.2 Å². The predicted molar refractivity (Wildman–Crippen MR) is 84.9 cm³/mol. The molecule has 0 aliphatic carbocycles. The Morgan fingerprint density at radius 1 is 1.26 bits per heavy atom. The van der Waals surface area contributed by atoms with E-state index in [1.165, 1.54) is 0 Å². The van der Waals surface area contributed by atoms with Crippen LogP contribution >= 0.6 is 11.3 Å². The monoisotopic (exact) mass is 288 g/mol. The molecule has 2 nitrogen and oxygen atoms in total. The smallest absolute Gasteiger partial charge is 0.274 e. The number of rotatable bonds is 5. The highest BCUT2D eigenvalue weighted by Crippen LogP contribution is 2.27. The second-order valence-electron chi connectivity index (χ2n) is 4.56. The minimum absolute atomic E-state index is 0.109. The van der Waals surface area contributed by atoms with E-state index in [-0.39, 0.29) is 6.04 Å². The molecule has 0 fully saturated rings. The van der Waals surface area contributed by atoms with Crippen LogP contribution in [0.2, 0.25) is 13.1 Å². The topological polar surface area (TPSA) is 21.6 Å². The molecular weight excluding hydrogens is 270 g/mol. The highest BCUT2D eigenvalue weighted by atomic mass is 32.1. The lowest BCUT2D eigenvalue weighted by molar-refractivity contribution is 0.564. The number of thiophene rings is 1. The predicted octanol–water partition coefficient (Wildman–Crippen LogP) is 4.56. The lowest BCUT2D eigenvalue weighted by Gasteiger charge is -2.15. The van der Waals surface area contributed by atoms with Crippen molar-refractivity contribution in [3.63, 3.8) is 0 Å². The van der Waals surface area contributed by atoms with E-state index in [2.05, 4.69) is 47.9 Å². The first-order chi connectivity index (χ1) is 9.16. The molecule has 0 aliphatic rings. The fraction of sp³-hybridized carbons (Fsp3) is 0.267. The third-order valence-corrected chi connectivity index (χ3v) is 4.00. The van der Waals surface area contributed by atoms with Gasteiger partial charge in [0.15, 0.2) is 0 Å². The highest BCUT2D eigenvalue weighted by Gasteiger charge is 2.11. The van der Waals surface area contributed by atoms with Crippen LogP contribution in [-0.2, 0) is 0 Å². The molecule has 2 aromatic rings. The molecule has 1 unspecified atom stereocenters. The molecule has 0 aliphatic heterocycles. The first-order valence-corrected chi connectivity index (χ1v) is 9.64. The molecule has 0 saturated carbocycles. The van der Waals surface area contributed by atoms with Crippen molar-refractivity contribution in [1.82, 2.24) is 0 Å². The van der Waals surface area contributed by atoms with Gasteiger partial charge in [-0.25, -0.2) is 0 Å². The summed E-state index contributed by atoms with van der Waals surface area (Å²) in [4.78, 5) is 4.62. The second-order valence-corrected chi connectivity index (χ2v) is 7.36. The molecule has 0 spiro atoms. The molecule has 0 bridgehead atoms. The number of hydrogen-bond acceptors (Lipinski definition) is 3. The molecule has 1 aromatic carbocycles. The summed E-state index contributed by atoms with van der Waals surface area (Å²) in [6.07, 6.45) is 1.93. The second kappa shape index (κ2) is 6.68. The average Bonchev–Trinajstić information content (AvgIpc) is 2.89. The van der Waals surface area contributed by atoms with Crippen molar-refractivity contribution < 1.29 is 4.43 Å². The number of hydrogen-bond donors (Lipinski definition) is 0. The van der Waals surface area contributed by atoms with Crippen LogP contribution in [-0.4, -0.2) is 15.3 Å². The molecular formula is C15H18NOSSi. The molecule has 99 valence electrons. The van der Waals surface area contributed by atoms with E-state index >= 15 is 0 Å². The van der Waals surface area contributed by atoms with E-state index in [1.807, 2.05) is 24.4 Å². The van der Waals surface area contributed by atoms with Crippen LogP contribution in [0.1, 0.15) is 24.1 Å². The van der Waals surface area contributed by atoms with Gasteiger partial charge in [0.2, 0.25) is 0 Å². The highest BCUT2D eigenvalue weighted by molar-refractivity contribution is 7.08. The Labute approximate surface area is 120 Å². The van der Waals surface area contributed by atoms with Gasteiger partial charge >= 0.3 is 0 Å². The standard InChI is InChI=1S/C15H18NOSSi/c1-12(16-10-13-8-9-18-11-13)14-6-4-5-7-15(14)17-19(2)3/h4-12H,1-3H3. The minimum Gasteiger partial charge on any atom is -0.542 e. The Morgan fingerprint density at radius 3 is 2.74 bits per heavy atom. The van der Waals surface area contributed by atoms with Crippen molar-refractivity contribution >= 4 is 26.6 Å². The van der Waals surface area contributed by atoms with Gasteiger partial charge in [0, 0.05) is 17.3 Å². The van der Waals surface area contributed by atoms with E-state index in [0.29, 0.717) is 0 Å². The quantitative estimate of drug-likeness (QED) is 0.584. The van der Waals surface area contributed by atoms with Gasteiger partial charge in [-0.3, -0.25) is 4.99 Å². The normalized spacial score (nSPS) is 13.1. The molecule has 1 heterocycles. The summed E-state index contributed by atoms with van der Waals surface area (Å²) in [6.45, 7) is 6.38. The van der Waals surface area contributed by atoms with Crippen molar-refractivity contribution in [1.29, 1.82) is 0 Å². The van der Waals surface area contributed by atoms with E-state index in [0.717, 1.165) is 16.9 Å².